The number of quaternary nitrogens is 1. The molecule has 200 valence electrons. The van der Waals surface area contributed by atoms with Crippen LogP contribution in [0.3, 0.4) is 0 Å². The summed E-state index contributed by atoms with van der Waals surface area (Å²) in [7, 11) is 1.43. The van der Waals surface area contributed by atoms with Gasteiger partial charge < -0.3 is 19.9 Å². The molecule has 2 heterocycles. The Kier molecular flexibility index (Phi) is 7.88. The summed E-state index contributed by atoms with van der Waals surface area (Å²) < 4.78 is 5.30. The molecule has 0 saturated carbocycles. The van der Waals surface area contributed by atoms with E-state index in [0.717, 1.165) is 24.5 Å². The third-order valence-electron chi connectivity index (χ3n) is 6.84. The predicted octanol–water partition coefficient (Wildman–Crippen LogP) is 3.33. The molecule has 3 aromatic rings. The third kappa shape index (κ3) is 5.63. The zero-order valence-corrected chi connectivity index (χ0v) is 22.8. The van der Waals surface area contributed by atoms with Gasteiger partial charge in [-0.05, 0) is 36.4 Å². The van der Waals surface area contributed by atoms with Crippen molar-refractivity contribution in [3.63, 3.8) is 0 Å². The number of rotatable bonds is 7. The maximum absolute atomic E-state index is 13.3. The molecule has 3 amide bonds. The minimum Gasteiger partial charge on any atom is -0.495 e. The quantitative estimate of drug-likeness (QED) is 0.429. The van der Waals surface area contributed by atoms with Crippen LogP contribution in [-0.4, -0.2) is 55.9 Å². The molecular weight excluding hydrogens is 539 g/mol. The molecule has 0 radical (unpaired) electrons. The summed E-state index contributed by atoms with van der Waals surface area (Å²) in [6.07, 6.45) is 0. The topological polar surface area (TPSA) is 83.4 Å². The first-order valence-corrected chi connectivity index (χ1v) is 13.3. The molecule has 3 aromatic carbocycles. The van der Waals surface area contributed by atoms with Gasteiger partial charge in [0.1, 0.15) is 23.0 Å². The number of imide groups is 1. The fourth-order valence-corrected chi connectivity index (χ4v) is 5.19. The van der Waals surface area contributed by atoms with Gasteiger partial charge in [0.2, 0.25) is 0 Å². The highest BCUT2D eigenvalue weighted by atomic mass is 35.5. The van der Waals surface area contributed by atoms with E-state index in [0.29, 0.717) is 35.1 Å². The van der Waals surface area contributed by atoms with Gasteiger partial charge in [-0.25, -0.2) is 4.90 Å². The van der Waals surface area contributed by atoms with Gasteiger partial charge in [-0.1, -0.05) is 59.6 Å². The molecule has 0 bridgehead atoms. The van der Waals surface area contributed by atoms with E-state index in [-0.39, 0.29) is 22.3 Å². The lowest BCUT2D eigenvalue weighted by Crippen LogP contribution is -3.13. The Labute approximate surface area is 236 Å². The van der Waals surface area contributed by atoms with Gasteiger partial charge >= 0.3 is 0 Å². The number of methoxy groups -OCH3 is 1. The first kappa shape index (κ1) is 26.7. The van der Waals surface area contributed by atoms with E-state index in [1.807, 2.05) is 23.1 Å². The highest BCUT2D eigenvalue weighted by Crippen LogP contribution is 2.37. The van der Waals surface area contributed by atoms with Crippen LogP contribution in [0.25, 0.3) is 0 Å². The van der Waals surface area contributed by atoms with Crippen molar-refractivity contribution >= 4 is 52.3 Å². The number of piperazine rings is 1. The maximum atomic E-state index is 13.3. The fourth-order valence-electron chi connectivity index (χ4n) is 4.81. The molecule has 5 rings (SSSR count). The summed E-state index contributed by atoms with van der Waals surface area (Å²) in [4.78, 5) is 43.7. The number of nitrogens with one attached hydrogen (secondary N) is 2. The van der Waals surface area contributed by atoms with E-state index in [2.05, 4.69) is 17.4 Å². The van der Waals surface area contributed by atoms with Crippen molar-refractivity contribution in [1.29, 1.82) is 0 Å². The number of ether oxygens (including phenoxy) is 1. The summed E-state index contributed by atoms with van der Waals surface area (Å²) in [5, 5.41) is 3.01. The number of benzene rings is 3. The number of hydrogen-bond donors (Lipinski definition) is 2. The zero-order valence-electron chi connectivity index (χ0n) is 21.2. The second kappa shape index (κ2) is 11.5. The second-order valence-corrected chi connectivity index (χ2v) is 10.2. The number of anilines is 2. The van der Waals surface area contributed by atoms with Crippen molar-refractivity contribution in [2.45, 2.75) is 6.54 Å². The highest BCUT2D eigenvalue weighted by molar-refractivity contribution is 6.53. The lowest BCUT2D eigenvalue weighted by Gasteiger charge is -2.32. The molecule has 0 unspecified atom stereocenters. The van der Waals surface area contributed by atoms with Crippen molar-refractivity contribution in [1.82, 2.24) is 4.90 Å². The van der Waals surface area contributed by atoms with Crippen molar-refractivity contribution in [3.05, 3.63) is 99.7 Å². The van der Waals surface area contributed by atoms with Crippen LogP contribution in [0.1, 0.15) is 15.9 Å². The lowest BCUT2D eigenvalue weighted by atomic mass is 10.1. The van der Waals surface area contributed by atoms with Crippen LogP contribution in [0.2, 0.25) is 5.02 Å². The fraction of sp³-hybridized carbons (Fsp3) is 0.207. The molecule has 39 heavy (non-hydrogen) atoms. The summed E-state index contributed by atoms with van der Waals surface area (Å²) in [5.41, 5.74) is 2.32. The van der Waals surface area contributed by atoms with Crippen LogP contribution < -0.4 is 19.9 Å². The minimum atomic E-state index is -0.701. The number of hydrogen-bond acceptors (Lipinski definition) is 5. The first-order valence-electron chi connectivity index (χ1n) is 12.5. The molecule has 0 atom stereocenters. The van der Waals surface area contributed by atoms with E-state index < -0.39 is 11.8 Å². The lowest BCUT2D eigenvalue weighted by molar-refractivity contribution is -0.917. The molecule has 10 heteroatoms. The Hall–Kier alpha value is -3.85. The van der Waals surface area contributed by atoms with Crippen molar-refractivity contribution in [2.75, 3.05) is 43.5 Å². The molecule has 2 aliphatic rings. The number of amides is 3. The van der Waals surface area contributed by atoms with Crippen molar-refractivity contribution in [2.24, 2.45) is 0 Å². The number of nitrogens with zero attached hydrogens (tertiary/aromatic N) is 2. The molecule has 0 aliphatic carbocycles. The summed E-state index contributed by atoms with van der Waals surface area (Å²) in [6, 6.07) is 21.8. The Bertz CT molecular complexity index is 1450. The average Bonchev–Trinajstić information content (AvgIpc) is 3.16. The van der Waals surface area contributed by atoms with Gasteiger partial charge in [0, 0.05) is 21.8 Å². The Morgan fingerprint density at radius 1 is 0.949 bits per heavy atom. The van der Waals surface area contributed by atoms with Crippen LogP contribution in [0, 0.1) is 0 Å². The predicted molar refractivity (Wildman–Crippen MR) is 150 cm³/mol. The summed E-state index contributed by atoms with van der Waals surface area (Å²) >= 11 is 12.4. The number of carbonyl (C=O) groups excluding carboxylic acids is 3. The Balaban J connectivity index is 1.27. The standard InChI is InChI=1S/C29H26Cl2N4O4/c1-39-24-11-10-21(30)17-23(24)35-28(37)25(31)26(29(35)38)32-22-9-5-8-20(16-22)27(36)34-14-12-33(13-15-34)18-19-6-3-2-4-7-19/h2-11,16-17,32H,12-15,18H2,1H3/p+1. The van der Waals surface area contributed by atoms with E-state index in [4.69, 9.17) is 27.9 Å². The molecule has 1 fully saturated rings. The molecule has 8 nitrogen and oxygen atoms in total. The average molecular weight is 566 g/mol. The van der Waals surface area contributed by atoms with Gasteiger partial charge in [-0.2, -0.15) is 0 Å². The van der Waals surface area contributed by atoms with E-state index in [9.17, 15) is 14.4 Å². The molecule has 2 N–H and O–H groups in total. The van der Waals surface area contributed by atoms with Crippen molar-refractivity contribution in [3.8, 4) is 5.75 Å². The van der Waals surface area contributed by atoms with Gasteiger partial charge in [0.25, 0.3) is 17.7 Å². The first-order chi connectivity index (χ1) is 18.9. The van der Waals surface area contributed by atoms with Crippen LogP contribution in [0.5, 0.6) is 5.75 Å². The zero-order chi connectivity index (χ0) is 27.5. The Morgan fingerprint density at radius 2 is 1.69 bits per heavy atom. The SMILES string of the molecule is COc1ccc(Cl)cc1N1C(=O)C(Cl)=C(Nc2cccc(C(=O)N3CC[NH+](Cc4ccccc4)CC3)c2)C1=O. The van der Waals surface area contributed by atoms with E-state index in [1.165, 1.54) is 23.6 Å². The number of halogens is 2. The van der Waals surface area contributed by atoms with Crippen LogP contribution >= 0.6 is 23.2 Å². The molecule has 2 aliphatic heterocycles. The minimum absolute atomic E-state index is 0.0865. The van der Waals surface area contributed by atoms with Gasteiger partial charge in [0.15, 0.2) is 0 Å². The van der Waals surface area contributed by atoms with Crippen LogP contribution in [0.4, 0.5) is 11.4 Å². The van der Waals surface area contributed by atoms with Gasteiger partial charge in [-0.15, -0.1) is 0 Å². The van der Waals surface area contributed by atoms with Crippen LogP contribution in [0.15, 0.2) is 83.5 Å². The van der Waals surface area contributed by atoms with Crippen LogP contribution in [-0.2, 0) is 16.1 Å². The second-order valence-electron chi connectivity index (χ2n) is 9.36. The monoisotopic (exact) mass is 565 g/mol. The summed E-state index contributed by atoms with van der Waals surface area (Å²) in [6.45, 7) is 3.96. The van der Waals surface area contributed by atoms with Gasteiger partial charge in [0.05, 0.1) is 39.0 Å². The van der Waals surface area contributed by atoms with Crippen molar-refractivity contribution < 1.29 is 24.0 Å². The Morgan fingerprint density at radius 3 is 2.41 bits per heavy atom. The summed E-state index contributed by atoms with van der Waals surface area (Å²) in [5.74, 6) is -1.14. The molecular formula is C29H27Cl2N4O4+. The molecule has 1 saturated heterocycles. The van der Waals surface area contributed by atoms with Gasteiger partial charge in [-0.3, -0.25) is 14.4 Å². The normalized spacial score (nSPS) is 16.2. The van der Waals surface area contributed by atoms with E-state index >= 15 is 0 Å². The largest absolute Gasteiger partial charge is 0.495 e. The van der Waals surface area contributed by atoms with E-state index in [1.54, 1.807) is 36.4 Å². The molecule has 0 spiro atoms. The third-order valence-corrected chi connectivity index (χ3v) is 7.43. The maximum Gasteiger partial charge on any atom is 0.283 e. The molecule has 0 aromatic heterocycles. The smallest absolute Gasteiger partial charge is 0.283 e. The number of carbonyl (C=O) groups is 3. The highest BCUT2D eigenvalue weighted by Gasteiger charge is 2.40.